The largest absolute Gasteiger partial charge is 0.383 e. The maximum absolute atomic E-state index is 13.8. The summed E-state index contributed by atoms with van der Waals surface area (Å²) < 4.78 is 28.3. The zero-order chi connectivity index (χ0) is 17.1. The SMILES string of the molecule is N#Cc1c(Cc2ccccc2F)nn(Cc2ccc(F)cc2)c1N. The molecule has 0 amide bonds. The maximum atomic E-state index is 13.8. The number of nitriles is 1. The van der Waals surface area contributed by atoms with Gasteiger partial charge in [0.2, 0.25) is 0 Å². The second-order valence-electron chi connectivity index (χ2n) is 5.37. The number of rotatable bonds is 4. The molecule has 24 heavy (non-hydrogen) atoms. The van der Waals surface area contributed by atoms with Gasteiger partial charge in [-0.2, -0.15) is 10.4 Å². The summed E-state index contributed by atoms with van der Waals surface area (Å²) in [6.45, 7) is 0.304. The molecule has 0 saturated carbocycles. The molecule has 0 aliphatic carbocycles. The van der Waals surface area contributed by atoms with E-state index in [2.05, 4.69) is 5.10 Å². The number of halogens is 2. The van der Waals surface area contributed by atoms with Gasteiger partial charge in [-0.1, -0.05) is 30.3 Å². The molecule has 0 bridgehead atoms. The van der Waals surface area contributed by atoms with Crippen molar-refractivity contribution in [2.24, 2.45) is 0 Å². The summed E-state index contributed by atoms with van der Waals surface area (Å²) in [5.41, 5.74) is 7.89. The smallest absolute Gasteiger partial charge is 0.140 e. The fourth-order valence-electron chi connectivity index (χ4n) is 2.48. The van der Waals surface area contributed by atoms with Gasteiger partial charge in [-0.05, 0) is 29.3 Å². The van der Waals surface area contributed by atoms with Crippen molar-refractivity contribution < 1.29 is 8.78 Å². The molecule has 6 heteroatoms. The maximum Gasteiger partial charge on any atom is 0.140 e. The minimum Gasteiger partial charge on any atom is -0.383 e. The number of benzene rings is 2. The molecule has 2 aromatic carbocycles. The number of anilines is 1. The van der Waals surface area contributed by atoms with E-state index >= 15 is 0 Å². The second-order valence-corrected chi connectivity index (χ2v) is 5.37. The van der Waals surface area contributed by atoms with Crippen LogP contribution < -0.4 is 5.73 Å². The zero-order valence-electron chi connectivity index (χ0n) is 12.7. The number of aromatic nitrogens is 2. The number of nitrogen functional groups attached to an aromatic ring is 1. The molecule has 3 rings (SSSR count). The molecule has 0 fully saturated rings. The normalized spacial score (nSPS) is 10.5. The summed E-state index contributed by atoms with van der Waals surface area (Å²) >= 11 is 0. The molecular weight excluding hydrogens is 310 g/mol. The summed E-state index contributed by atoms with van der Waals surface area (Å²) in [7, 11) is 0. The minimum atomic E-state index is -0.354. The van der Waals surface area contributed by atoms with E-state index in [4.69, 9.17) is 5.73 Å². The molecule has 0 saturated heterocycles. The van der Waals surface area contributed by atoms with Gasteiger partial charge in [0.05, 0.1) is 12.2 Å². The summed E-state index contributed by atoms with van der Waals surface area (Å²) in [5.74, 6) is -0.466. The highest BCUT2D eigenvalue weighted by Gasteiger charge is 2.17. The van der Waals surface area contributed by atoms with Crippen molar-refractivity contribution in [2.45, 2.75) is 13.0 Å². The highest BCUT2D eigenvalue weighted by molar-refractivity contribution is 5.53. The Morgan fingerprint density at radius 1 is 1.08 bits per heavy atom. The van der Waals surface area contributed by atoms with Gasteiger partial charge in [-0.25, -0.2) is 13.5 Å². The molecule has 0 unspecified atom stereocenters. The molecule has 2 N–H and O–H groups in total. The fraction of sp³-hybridized carbons (Fsp3) is 0.111. The molecule has 1 heterocycles. The Morgan fingerprint density at radius 3 is 2.46 bits per heavy atom. The van der Waals surface area contributed by atoms with Crippen LogP contribution in [0, 0.1) is 23.0 Å². The Hall–Kier alpha value is -3.20. The first-order chi connectivity index (χ1) is 11.6. The molecule has 0 atom stereocenters. The number of hydrogen-bond acceptors (Lipinski definition) is 3. The summed E-state index contributed by atoms with van der Waals surface area (Å²) in [6, 6.07) is 14.3. The predicted molar refractivity (Wildman–Crippen MR) is 86.1 cm³/mol. The zero-order valence-corrected chi connectivity index (χ0v) is 12.7. The summed E-state index contributed by atoms with van der Waals surface area (Å²) in [6.07, 6.45) is 0.177. The van der Waals surface area contributed by atoms with E-state index in [1.807, 2.05) is 6.07 Å². The Bertz CT molecular complexity index is 908. The molecule has 0 aliphatic heterocycles. The van der Waals surface area contributed by atoms with Crippen molar-refractivity contribution in [2.75, 3.05) is 5.73 Å². The third kappa shape index (κ3) is 3.10. The third-order valence-electron chi connectivity index (χ3n) is 3.74. The topological polar surface area (TPSA) is 67.6 Å². The number of nitrogens with zero attached hydrogens (tertiary/aromatic N) is 3. The van der Waals surface area contributed by atoms with E-state index in [1.54, 1.807) is 30.3 Å². The minimum absolute atomic E-state index is 0.177. The third-order valence-corrected chi connectivity index (χ3v) is 3.74. The average molecular weight is 324 g/mol. The molecule has 120 valence electrons. The van der Waals surface area contributed by atoms with E-state index in [1.165, 1.54) is 22.9 Å². The Balaban J connectivity index is 1.92. The van der Waals surface area contributed by atoms with Crippen LogP contribution in [0.3, 0.4) is 0 Å². The van der Waals surface area contributed by atoms with E-state index in [0.29, 0.717) is 17.8 Å². The van der Waals surface area contributed by atoms with Crippen LogP contribution in [-0.4, -0.2) is 9.78 Å². The predicted octanol–water partition coefficient (Wildman–Crippen LogP) is 3.25. The van der Waals surface area contributed by atoms with Crippen molar-refractivity contribution in [3.8, 4) is 6.07 Å². The van der Waals surface area contributed by atoms with Crippen molar-refractivity contribution in [1.82, 2.24) is 9.78 Å². The first-order valence-corrected chi connectivity index (χ1v) is 7.31. The van der Waals surface area contributed by atoms with Crippen LogP contribution in [0.1, 0.15) is 22.4 Å². The molecule has 3 aromatic rings. The van der Waals surface area contributed by atoms with Crippen LogP contribution >= 0.6 is 0 Å². The van der Waals surface area contributed by atoms with Gasteiger partial charge in [0, 0.05) is 6.42 Å². The lowest BCUT2D eigenvalue weighted by Crippen LogP contribution is -2.06. The monoisotopic (exact) mass is 324 g/mol. The van der Waals surface area contributed by atoms with Crippen LogP contribution in [-0.2, 0) is 13.0 Å². The van der Waals surface area contributed by atoms with Crippen molar-refractivity contribution in [1.29, 1.82) is 5.26 Å². The van der Waals surface area contributed by atoms with Gasteiger partial charge < -0.3 is 5.73 Å². The average Bonchev–Trinajstić information content (AvgIpc) is 2.87. The number of hydrogen-bond donors (Lipinski definition) is 1. The second kappa shape index (κ2) is 6.50. The molecule has 4 nitrogen and oxygen atoms in total. The lowest BCUT2D eigenvalue weighted by Gasteiger charge is -2.04. The van der Waals surface area contributed by atoms with E-state index < -0.39 is 0 Å². The van der Waals surface area contributed by atoms with Crippen LogP contribution in [0.2, 0.25) is 0 Å². The highest BCUT2D eigenvalue weighted by Crippen LogP contribution is 2.21. The summed E-state index contributed by atoms with van der Waals surface area (Å²) in [4.78, 5) is 0. The Morgan fingerprint density at radius 2 is 1.79 bits per heavy atom. The van der Waals surface area contributed by atoms with Gasteiger partial charge in [-0.15, -0.1) is 0 Å². The van der Waals surface area contributed by atoms with Gasteiger partial charge in [0.15, 0.2) is 0 Å². The fourth-order valence-corrected chi connectivity index (χ4v) is 2.48. The molecular formula is C18H14F2N4. The first kappa shape index (κ1) is 15.7. The molecule has 0 aliphatic rings. The van der Waals surface area contributed by atoms with E-state index in [0.717, 1.165) is 5.56 Å². The van der Waals surface area contributed by atoms with Gasteiger partial charge >= 0.3 is 0 Å². The number of nitrogens with two attached hydrogens (primary N) is 1. The van der Waals surface area contributed by atoms with Crippen LogP contribution in [0.5, 0.6) is 0 Å². The van der Waals surface area contributed by atoms with E-state index in [-0.39, 0.29) is 29.4 Å². The van der Waals surface area contributed by atoms with Crippen molar-refractivity contribution in [3.63, 3.8) is 0 Å². The standard InChI is InChI=1S/C18H14F2N4/c19-14-7-5-12(6-8-14)11-24-18(22)15(10-21)17(23-24)9-13-3-1-2-4-16(13)20/h1-8H,9,11,22H2. The quantitative estimate of drug-likeness (QED) is 0.801. The van der Waals surface area contributed by atoms with Crippen LogP contribution in [0.15, 0.2) is 48.5 Å². The molecule has 0 spiro atoms. The van der Waals surface area contributed by atoms with Crippen LogP contribution in [0.25, 0.3) is 0 Å². The van der Waals surface area contributed by atoms with E-state index in [9.17, 15) is 14.0 Å². The van der Waals surface area contributed by atoms with Crippen molar-refractivity contribution >= 4 is 5.82 Å². The van der Waals surface area contributed by atoms with Crippen LogP contribution in [0.4, 0.5) is 14.6 Å². The van der Waals surface area contributed by atoms with Gasteiger partial charge in [0.1, 0.15) is 29.1 Å². The Kier molecular flexibility index (Phi) is 4.25. The first-order valence-electron chi connectivity index (χ1n) is 7.31. The van der Waals surface area contributed by atoms with Gasteiger partial charge in [0.25, 0.3) is 0 Å². The highest BCUT2D eigenvalue weighted by atomic mass is 19.1. The molecule has 1 aromatic heterocycles. The summed E-state index contributed by atoms with van der Waals surface area (Å²) in [5, 5.41) is 13.7. The lowest BCUT2D eigenvalue weighted by molar-refractivity contribution is 0.611. The lowest BCUT2D eigenvalue weighted by atomic mass is 10.1. The Labute approximate surface area is 137 Å². The molecule has 0 radical (unpaired) electrons. The van der Waals surface area contributed by atoms with Crippen molar-refractivity contribution in [3.05, 3.63) is 82.5 Å². The van der Waals surface area contributed by atoms with Gasteiger partial charge in [-0.3, -0.25) is 0 Å².